The van der Waals surface area contributed by atoms with E-state index < -0.39 is 24.0 Å². The van der Waals surface area contributed by atoms with Crippen molar-refractivity contribution >= 4 is 11.9 Å². The van der Waals surface area contributed by atoms with Gasteiger partial charge in [-0.3, -0.25) is 4.79 Å². The zero-order chi connectivity index (χ0) is 11.3. The average Bonchev–Trinajstić information content (AvgIpc) is 2.11. The van der Waals surface area contributed by atoms with Crippen molar-refractivity contribution in [2.45, 2.75) is 39.3 Å². The van der Waals surface area contributed by atoms with Gasteiger partial charge in [-0.1, -0.05) is 20.3 Å². The fourth-order valence-electron chi connectivity index (χ4n) is 0.957. The molecule has 0 aliphatic rings. The molecule has 3 unspecified atom stereocenters. The Bertz CT molecular complexity index is 220. The summed E-state index contributed by atoms with van der Waals surface area (Å²) in [7, 11) is 0. The molecule has 0 radical (unpaired) electrons. The van der Waals surface area contributed by atoms with E-state index in [1.807, 2.05) is 6.92 Å². The molecular formula is C9H17NNaO4+. The van der Waals surface area contributed by atoms with Gasteiger partial charge in [0.25, 0.3) is 0 Å². The van der Waals surface area contributed by atoms with Crippen LogP contribution in [0.15, 0.2) is 0 Å². The van der Waals surface area contributed by atoms with Crippen molar-refractivity contribution in [2.24, 2.45) is 5.92 Å². The number of carboxylic acids is 1. The van der Waals surface area contributed by atoms with E-state index in [0.29, 0.717) is 6.42 Å². The van der Waals surface area contributed by atoms with Gasteiger partial charge in [-0.2, -0.15) is 0 Å². The first-order chi connectivity index (χ1) is 6.40. The molecule has 1 amide bonds. The molecule has 0 saturated heterocycles. The van der Waals surface area contributed by atoms with Gasteiger partial charge in [-0.25, -0.2) is 4.79 Å². The maximum Gasteiger partial charge on any atom is 1.00 e. The van der Waals surface area contributed by atoms with E-state index >= 15 is 0 Å². The van der Waals surface area contributed by atoms with Crippen LogP contribution in [0.1, 0.15) is 27.2 Å². The van der Waals surface area contributed by atoms with Crippen molar-refractivity contribution in [1.82, 2.24) is 5.32 Å². The van der Waals surface area contributed by atoms with Crippen molar-refractivity contribution in [2.75, 3.05) is 0 Å². The molecule has 0 spiro atoms. The van der Waals surface area contributed by atoms with Crippen LogP contribution in [0.2, 0.25) is 0 Å². The van der Waals surface area contributed by atoms with E-state index in [1.54, 1.807) is 6.92 Å². The second-order valence-electron chi connectivity index (χ2n) is 3.39. The summed E-state index contributed by atoms with van der Waals surface area (Å²) in [6, 6.07) is -0.929. The number of rotatable bonds is 5. The van der Waals surface area contributed by atoms with Crippen molar-refractivity contribution in [3.8, 4) is 0 Å². The number of amides is 1. The molecule has 5 nitrogen and oxygen atoms in total. The Morgan fingerprint density at radius 1 is 1.33 bits per heavy atom. The topological polar surface area (TPSA) is 86.6 Å². The smallest absolute Gasteiger partial charge is 0.480 e. The zero-order valence-electron chi connectivity index (χ0n) is 9.65. The summed E-state index contributed by atoms with van der Waals surface area (Å²) in [6.45, 7) is 4.88. The molecule has 0 fully saturated rings. The minimum atomic E-state index is -1.18. The third-order valence-electron chi connectivity index (χ3n) is 2.16. The molecule has 0 aliphatic carbocycles. The van der Waals surface area contributed by atoms with Gasteiger partial charge in [0.15, 0.2) is 0 Å². The summed E-state index contributed by atoms with van der Waals surface area (Å²) >= 11 is 0. The van der Waals surface area contributed by atoms with Gasteiger partial charge in [0.2, 0.25) is 5.91 Å². The first-order valence-electron chi connectivity index (χ1n) is 4.61. The van der Waals surface area contributed by atoms with Crippen molar-refractivity contribution in [3.63, 3.8) is 0 Å². The van der Waals surface area contributed by atoms with Gasteiger partial charge in [0, 0.05) is 0 Å². The molecule has 3 N–H and O–H groups in total. The second-order valence-corrected chi connectivity index (χ2v) is 3.39. The minimum Gasteiger partial charge on any atom is -0.480 e. The molecule has 0 saturated carbocycles. The Kier molecular flexibility index (Phi) is 9.34. The number of aliphatic hydroxyl groups is 1. The number of nitrogens with one attached hydrogen (secondary N) is 1. The predicted molar refractivity (Wildman–Crippen MR) is 50.7 cm³/mol. The Morgan fingerprint density at radius 2 is 1.80 bits per heavy atom. The molecule has 6 heteroatoms. The maximum atomic E-state index is 11.1. The van der Waals surface area contributed by atoms with Crippen LogP contribution in [-0.4, -0.2) is 34.2 Å². The molecule has 0 aromatic carbocycles. The SMILES string of the molecule is CCC(C)C(NC(=O)C(C)O)C(=O)O.[Na+]. The van der Waals surface area contributed by atoms with Crippen LogP contribution in [0.5, 0.6) is 0 Å². The maximum absolute atomic E-state index is 11.1. The van der Waals surface area contributed by atoms with Crippen LogP contribution in [0.3, 0.4) is 0 Å². The molecule has 15 heavy (non-hydrogen) atoms. The standard InChI is InChI=1S/C9H17NO4.Na/c1-4-5(2)7(9(13)14)10-8(12)6(3)11;/h5-7,11H,4H2,1-3H3,(H,10,12)(H,13,14);/q;+1. The van der Waals surface area contributed by atoms with Crippen LogP contribution in [0.4, 0.5) is 0 Å². The normalized spacial score (nSPS) is 15.7. The average molecular weight is 226 g/mol. The van der Waals surface area contributed by atoms with E-state index in [0.717, 1.165) is 0 Å². The molecule has 0 aromatic heterocycles. The van der Waals surface area contributed by atoms with E-state index in [2.05, 4.69) is 5.32 Å². The number of carbonyl (C=O) groups is 2. The van der Waals surface area contributed by atoms with Gasteiger partial charge in [-0.05, 0) is 12.8 Å². The fourth-order valence-corrected chi connectivity index (χ4v) is 0.957. The Balaban J connectivity index is 0. The third kappa shape index (κ3) is 6.14. The van der Waals surface area contributed by atoms with Gasteiger partial charge in [0.1, 0.15) is 12.1 Å². The van der Waals surface area contributed by atoms with E-state index in [4.69, 9.17) is 10.2 Å². The molecule has 0 aromatic rings. The summed E-state index contributed by atoms with van der Waals surface area (Å²) in [5, 5.41) is 20.0. The first kappa shape index (κ1) is 17.3. The molecule has 0 aliphatic heterocycles. The quantitative estimate of drug-likeness (QED) is 0.436. The van der Waals surface area contributed by atoms with Gasteiger partial charge in [0.05, 0.1) is 0 Å². The summed E-state index contributed by atoms with van der Waals surface area (Å²) < 4.78 is 0. The van der Waals surface area contributed by atoms with E-state index in [1.165, 1.54) is 6.92 Å². The minimum absolute atomic E-state index is 0. The summed E-state index contributed by atoms with van der Waals surface area (Å²) in [4.78, 5) is 21.8. The van der Waals surface area contributed by atoms with Gasteiger partial charge >= 0.3 is 35.5 Å². The molecule has 0 bridgehead atoms. The van der Waals surface area contributed by atoms with Crippen LogP contribution in [-0.2, 0) is 9.59 Å². The molecule has 3 atom stereocenters. The van der Waals surface area contributed by atoms with Crippen molar-refractivity contribution in [3.05, 3.63) is 0 Å². The van der Waals surface area contributed by atoms with Crippen LogP contribution in [0.25, 0.3) is 0 Å². The zero-order valence-corrected chi connectivity index (χ0v) is 11.7. The van der Waals surface area contributed by atoms with E-state index in [9.17, 15) is 9.59 Å². The second kappa shape index (κ2) is 8.10. The Hall–Kier alpha value is -0.100. The van der Waals surface area contributed by atoms with Crippen LogP contribution >= 0.6 is 0 Å². The number of aliphatic hydroxyl groups excluding tert-OH is 1. The predicted octanol–water partition coefficient (Wildman–Crippen LogP) is -3.01. The van der Waals surface area contributed by atoms with Crippen LogP contribution < -0.4 is 34.9 Å². The number of aliphatic carboxylic acids is 1. The number of hydrogen-bond acceptors (Lipinski definition) is 3. The third-order valence-corrected chi connectivity index (χ3v) is 2.16. The number of carboxylic acid groups (broad SMARTS) is 1. The Morgan fingerprint density at radius 3 is 2.07 bits per heavy atom. The first-order valence-corrected chi connectivity index (χ1v) is 4.61. The van der Waals surface area contributed by atoms with Gasteiger partial charge < -0.3 is 15.5 Å². The molecule has 0 heterocycles. The summed E-state index contributed by atoms with van der Waals surface area (Å²) in [6.07, 6.45) is -0.530. The van der Waals surface area contributed by atoms with E-state index in [-0.39, 0.29) is 35.5 Å². The van der Waals surface area contributed by atoms with Gasteiger partial charge in [-0.15, -0.1) is 0 Å². The molecule has 0 rings (SSSR count). The largest absolute Gasteiger partial charge is 1.00 e. The fraction of sp³-hybridized carbons (Fsp3) is 0.778. The molecule has 82 valence electrons. The number of hydrogen-bond donors (Lipinski definition) is 3. The number of carbonyl (C=O) groups excluding carboxylic acids is 1. The summed E-state index contributed by atoms with van der Waals surface area (Å²) in [5.41, 5.74) is 0. The Labute approximate surface area is 112 Å². The van der Waals surface area contributed by atoms with Crippen molar-refractivity contribution < 1.29 is 49.4 Å². The summed E-state index contributed by atoms with van der Waals surface area (Å²) in [5.74, 6) is -1.89. The monoisotopic (exact) mass is 226 g/mol. The van der Waals surface area contributed by atoms with Crippen LogP contribution in [0, 0.1) is 5.92 Å². The molecular weight excluding hydrogens is 209 g/mol. The van der Waals surface area contributed by atoms with Crippen molar-refractivity contribution in [1.29, 1.82) is 0 Å².